The van der Waals surface area contributed by atoms with Gasteiger partial charge in [-0.15, -0.1) is 11.3 Å². The highest BCUT2D eigenvalue weighted by Gasteiger charge is 2.09. The van der Waals surface area contributed by atoms with Gasteiger partial charge in [-0.05, 0) is 89.9 Å². The van der Waals surface area contributed by atoms with Crippen LogP contribution in [-0.4, -0.2) is 29.6 Å². The van der Waals surface area contributed by atoms with E-state index in [0.29, 0.717) is 21.5 Å². The normalized spacial score (nSPS) is 10.9. The fourth-order valence-corrected chi connectivity index (χ4v) is 5.19. The van der Waals surface area contributed by atoms with E-state index in [1.54, 1.807) is 30.3 Å². The van der Waals surface area contributed by atoms with Gasteiger partial charge >= 0.3 is 0 Å². The first-order valence-electron chi connectivity index (χ1n) is 13.3. The third kappa shape index (κ3) is 8.37. The molecule has 0 aliphatic rings. The Bertz CT molecular complexity index is 1750. The predicted octanol–water partition coefficient (Wildman–Crippen LogP) is 7.71. The lowest BCUT2D eigenvalue weighted by Crippen LogP contribution is -2.20. The Hall–Kier alpha value is -4.80. The van der Waals surface area contributed by atoms with Crippen molar-refractivity contribution in [1.82, 2.24) is 10.4 Å². The number of nitrogens with one attached hydrogen (secondary N) is 3. The second-order valence-electron chi connectivity index (χ2n) is 9.70. The van der Waals surface area contributed by atoms with E-state index in [4.69, 9.17) is 4.74 Å². The molecule has 10 heteroatoms. The highest BCUT2D eigenvalue weighted by Crippen LogP contribution is 2.28. The van der Waals surface area contributed by atoms with Crippen molar-refractivity contribution < 1.29 is 14.3 Å². The van der Waals surface area contributed by atoms with Gasteiger partial charge in [0.05, 0.1) is 16.4 Å². The lowest BCUT2D eigenvalue weighted by atomic mass is 10.1. The second-order valence-corrected chi connectivity index (χ2v) is 11.4. The highest BCUT2D eigenvalue weighted by molar-refractivity contribution is 9.10. The number of carbonyl (C=O) groups excluding carboxylic acids is 2. The minimum atomic E-state index is -0.332. The van der Waals surface area contributed by atoms with Crippen molar-refractivity contribution in [3.8, 4) is 17.0 Å². The maximum absolute atomic E-state index is 12.6. The molecule has 0 fully saturated rings. The predicted molar refractivity (Wildman–Crippen MR) is 177 cm³/mol. The molecule has 5 aromatic rings. The monoisotopic (exact) mass is 653 g/mol. The molecule has 0 radical (unpaired) electrons. The number of hydrazone groups is 1. The van der Waals surface area contributed by atoms with Crippen LogP contribution in [0.5, 0.6) is 5.75 Å². The zero-order chi connectivity index (χ0) is 30.2. The SMILES string of the molecule is Cc1ccc(NC(=O)COc2ccc(/C=N/NC(=O)c3ccc(-c4csc(Nc5ccc(C)cc5)n4)cc3)cc2Br)cc1. The van der Waals surface area contributed by atoms with E-state index in [0.717, 1.165) is 33.2 Å². The van der Waals surface area contributed by atoms with Crippen LogP contribution >= 0.6 is 27.3 Å². The quantitative estimate of drug-likeness (QED) is 0.106. The minimum absolute atomic E-state index is 0.136. The van der Waals surface area contributed by atoms with Crippen LogP contribution in [0.1, 0.15) is 27.0 Å². The van der Waals surface area contributed by atoms with E-state index in [2.05, 4.69) is 49.0 Å². The number of halogens is 1. The molecule has 0 saturated carbocycles. The molecule has 1 aromatic heterocycles. The molecule has 43 heavy (non-hydrogen) atoms. The molecule has 0 aliphatic heterocycles. The number of nitrogens with zero attached hydrogens (tertiary/aromatic N) is 2. The zero-order valence-electron chi connectivity index (χ0n) is 23.4. The van der Waals surface area contributed by atoms with Gasteiger partial charge in [0.25, 0.3) is 11.8 Å². The van der Waals surface area contributed by atoms with Crippen LogP contribution in [0.15, 0.2) is 106 Å². The Morgan fingerprint density at radius 2 is 1.58 bits per heavy atom. The van der Waals surface area contributed by atoms with Crippen molar-refractivity contribution in [2.75, 3.05) is 17.2 Å². The largest absolute Gasteiger partial charge is 0.483 e. The summed E-state index contributed by atoms with van der Waals surface area (Å²) in [5.41, 5.74) is 9.50. The van der Waals surface area contributed by atoms with Gasteiger partial charge in [-0.3, -0.25) is 9.59 Å². The topological polar surface area (TPSA) is 105 Å². The van der Waals surface area contributed by atoms with Crippen LogP contribution in [0.25, 0.3) is 11.3 Å². The van der Waals surface area contributed by atoms with Crippen LogP contribution in [0, 0.1) is 13.8 Å². The molecule has 4 aromatic carbocycles. The van der Waals surface area contributed by atoms with Crippen LogP contribution in [0.3, 0.4) is 0 Å². The molecule has 5 rings (SSSR count). The Kier molecular flexibility index (Phi) is 9.60. The number of carbonyl (C=O) groups is 2. The molecule has 0 unspecified atom stereocenters. The van der Waals surface area contributed by atoms with Crippen LogP contribution < -0.4 is 20.8 Å². The van der Waals surface area contributed by atoms with Crippen LogP contribution in [0.2, 0.25) is 0 Å². The van der Waals surface area contributed by atoms with Gasteiger partial charge in [0.2, 0.25) is 0 Å². The van der Waals surface area contributed by atoms with E-state index in [9.17, 15) is 9.59 Å². The smallest absolute Gasteiger partial charge is 0.271 e. The lowest BCUT2D eigenvalue weighted by Gasteiger charge is -2.09. The molecule has 0 saturated heterocycles. The summed E-state index contributed by atoms with van der Waals surface area (Å²) in [5.74, 6) is -0.0801. The molecule has 3 N–H and O–H groups in total. The fourth-order valence-electron chi connectivity index (χ4n) is 3.94. The average molecular weight is 655 g/mol. The molecule has 1 heterocycles. The van der Waals surface area contributed by atoms with Gasteiger partial charge in [-0.25, -0.2) is 10.4 Å². The summed E-state index contributed by atoms with van der Waals surface area (Å²) in [6.07, 6.45) is 1.53. The van der Waals surface area contributed by atoms with Crippen LogP contribution in [0.4, 0.5) is 16.5 Å². The minimum Gasteiger partial charge on any atom is -0.483 e. The number of aromatic nitrogens is 1. The second kappa shape index (κ2) is 13.9. The fraction of sp³-hybridized carbons (Fsp3) is 0.0909. The van der Waals surface area contributed by atoms with Gasteiger partial charge < -0.3 is 15.4 Å². The Balaban J connectivity index is 1.10. The van der Waals surface area contributed by atoms with Gasteiger partial charge in [0, 0.05) is 27.9 Å². The maximum Gasteiger partial charge on any atom is 0.271 e. The van der Waals surface area contributed by atoms with Crippen molar-refractivity contribution in [1.29, 1.82) is 0 Å². The molecular formula is C33H28BrN5O3S. The third-order valence-corrected chi connectivity index (χ3v) is 7.66. The van der Waals surface area contributed by atoms with Gasteiger partial charge in [0.1, 0.15) is 5.75 Å². The summed E-state index contributed by atoms with van der Waals surface area (Å²) >= 11 is 4.98. The van der Waals surface area contributed by atoms with Crippen molar-refractivity contribution >= 4 is 61.8 Å². The van der Waals surface area contributed by atoms with Gasteiger partial charge in [-0.2, -0.15) is 5.10 Å². The highest BCUT2D eigenvalue weighted by atomic mass is 79.9. The Morgan fingerprint density at radius 1 is 0.907 bits per heavy atom. The third-order valence-electron chi connectivity index (χ3n) is 6.28. The summed E-state index contributed by atoms with van der Waals surface area (Å²) in [4.78, 5) is 29.5. The van der Waals surface area contributed by atoms with Gasteiger partial charge in [0.15, 0.2) is 11.7 Å². The molecule has 2 amide bonds. The lowest BCUT2D eigenvalue weighted by molar-refractivity contribution is -0.118. The number of rotatable bonds is 10. The van der Waals surface area contributed by atoms with Crippen molar-refractivity contribution in [2.45, 2.75) is 13.8 Å². The average Bonchev–Trinajstić information content (AvgIpc) is 3.47. The first-order chi connectivity index (χ1) is 20.8. The number of aryl methyl sites for hydroxylation is 2. The number of hydrogen-bond donors (Lipinski definition) is 3. The summed E-state index contributed by atoms with van der Waals surface area (Å²) in [6, 6.07) is 28.2. The number of anilines is 3. The first-order valence-corrected chi connectivity index (χ1v) is 15.0. The van der Waals surface area contributed by atoms with E-state index >= 15 is 0 Å². The zero-order valence-corrected chi connectivity index (χ0v) is 25.8. The summed E-state index contributed by atoms with van der Waals surface area (Å²) in [6.45, 7) is 3.90. The Morgan fingerprint density at radius 3 is 2.26 bits per heavy atom. The van der Waals surface area contributed by atoms with Crippen molar-refractivity contribution in [3.05, 3.63) is 123 Å². The number of thiazole rings is 1. The Labute approximate surface area is 262 Å². The number of amides is 2. The van der Waals surface area contributed by atoms with E-state index < -0.39 is 0 Å². The summed E-state index contributed by atoms with van der Waals surface area (Å²) in [7, 11) is 0. The van der Waals surface area contributed by atoms with Gasteiger partial charge in [-0.1, -0.05) is 47.5 Å². The standard InChI is InChI=1S/C33H28BrN5O3S/c1-21-3-12-26(13-4-21)36-31(40)19-42-30-16-7-23(17-28(30)34)18-35-39-32(41)25-10-8-24(9-11-25)29-20-43-33(38-29)37-27-14-5-22(2)6-15-27/h3-18,20H,19H2,1-2H3,(H,36,40)(H,37,38)(H,39,41)/b35-18+. The molecular weight excluding hydrogens is 626 g/mol. The molecule has 0 atom stereocenters. The van der Waals surface area contributed by atoms with Crippen LogP contribution in [-0.2, 0) is 4.79 Å². The molecule has 0 bridgehead atoms. The molecule has 0 spiro atoms. The molecule has 0 aliphatic carbocycles. The van der Waals surface area contributed by atoms with Crippen molar-refractivity contribution in [3.63, 3.8) is 0 Å². The van der Waals surface area contributed by atoms with E-state index in [1.807, 2.05) is 73.0 Å². The number of ether oxygens (including phenoxy) is 1. The maximum atomic E-state index is 12.6. The summed E-state index contributed by atoms with van der Waals surface area (Å²) in [5, 5.41) is 13.0. The number of benzene rings is 4. The number of hydrogen-bond acceptors (Lipinski definition) is 7. The first kappa shape index (κ1) is 29.7. The summed E-state index contributed by atoms with van der Waals surface area (Å²) < 4.78 is 6.30. The van der Waals surface area contributed by atoms with E-state index in [1.165, 1.54) is 23.1 Å². The van der Waals surface area contributed by atoms with E-state index in [-0.39, 0.29) is 18.4 Å². The van der Waals surface area contributed by atoms with Crippen molar-refractivity contribution in [2.24, 2.45) is 5.10 Å². The molecule has 216 valence electrons. The molecule has 8 nitrogen and oxygen atoms in total.